The van der Waals surface area contributed by atoms with Crippen molar-refractivity contribution >= 4 is 39.2 Å². The molecular weight excluding hydrogens is 471 g/mol. The number of aromatic nitrogens is 2. The molecule has 1 aromatic heterocycles. The third-order valence-electron chi connectivity index (χ3n) is 6.85. The molecule has 0 spiro atoms. The van der Waals surface area contributed by atoms with E-state index in [-0.39, 0.29) is 16.8 Å². The van der Waals surface area contributed by atoms with Gasteiger partial charge in [-0.05, 0) is 61.6 Å². The van der Waals surface area contributed by atoms with Gasteiger partial charge in [0.15, 0.2) is 0 Å². The normalized spacial score (nSPS) is 24.7. The van der Waals surface area contributed by atoms with Crippen LogP contribution < -0.4 is 20.5 Å². The summed E-state index contributed by atoms with van der Waals surface area (Å²) < 4.78 is 43.1. The van der Waals surface area contributed by atoms with E-state index in [1.807, 2.05) is 0 Å². The number of rotatable bonds is 7. The quantitative estimate of drug-likeness (QED) is 0.466. The van der Waals surface area contributed by atoms with Crippen molar-refractivity contribution in [2.24, 2.45) is 24.8 Å². The van der Waals surface area contributed by atoms with E-state index in [1.54, 1.807) is 7.05 Å². The second-order valence-electron chi connectivity index (χ2n) is 8.93. The first kappa shape index (κ1) is 23.9. The van der Waals surface area contributed by atoms with Crippen LogP contribution in [0.25, 0.3) is 0 Å². The fourth-order valence-corrected chi connectivity index (χ4v) is 6.06. The van der Waals surface area contributed by atoms with Crippen molar-refractivity contribution in [3.8, 4) is 0 Å². The summed E-state index contributed by atoms with van der Waals surface area (Å²) in [4.78, 5) is 13.1. The molecular formula is C21H28ClFN6O3S. The maximum absolute atomic E-state index is 13.4. The molecule has 2 saturated carbocycles. The highest BCUT2D eigenvalue weighted by Gasteiger charge is 2.44. The lowest BCUT2D eigenvalue weighted by molar-refractivity contribution is 0.102. The Morgan fingerprint density at radius 2 is 1.94 bits per heavy atom. The van der Waals surface area contributed by atoms with Crippen LogP contribution in [-0.4, -0.2) is 37.7 Å². The number of carbonyl (C=O) groups excluding carboxylic acids is 1. The van der Waals surface area contributed by atoms with Gasteiger partial charge in [0.25, 0.3) is 16.1 Å². The molecule has 0 radical (unpaired) electrons. The van der Waals surface area contributed by atoms with Crippen LogP contribution in [0.3, 0.4) is 0 Å². The molecule has 2 atom stereocenters. The third kappa shape index (κ3) is 5.01. The topological polar surface area (TPSA) is 131 Å². The van der Waals surface area contributed by atoms with Gasteiger partial charge in [0.2, 0.25) is 0 Å². The van der Waals surface area contributed by atoms with Gasteiger partial charge in [-0.1, -0.05) is 11.6 Å². The molecule has 1 heterocycles. The molecule has 5 N–H and O–H groups in total. The summed E-state index contributed by atoms with van der Waals surface area (Å²) in [6, 6.07) is 3.98. The van der Waals surface area contributed by atoms with Crippen LogP contribution in [0.2, 0.25) is 5.02 Å². The van der Waals surface area contributed by atoms with Gasteiger partial charge in [-0.15, -0.1) is 0 Å². The minimum Gasteiger partial charge on any atom is -0.383 e. The van der Waals surface area contributed by atoms with Gasteiger partial charge in [0.1, 0.15) is 17.2 Å². The lowest BCUT2D eigenvalue weighted by atomic mass is 9.93. The number of hydrogen-bond acceptors (Lipinski definition) is 5. The van der Waals surface area contributed by atoms with Crippen molar-refractivity contribution in [2.75, 3.05) is 24.6 Å². The van der Waals surface area contributed by atoms with Gasteiger partial charge in [-0.2, -0.15) is 13.5 Å². The lowest BCUT2D eigenvalue weighted by Crippen LogP contribution is -2.36. The van der Waals surface area contributed by atoms with Crippen LogP contribution >= 0.6 is 11.6 Å². The van der Waals surface area contributed by atoms with E-state index in [0.29, 0.717) is 41.2 Å². The number of nitrogen functional groups attached to an aromatic ring is 1. The van der Waals surface area contributed by atoms with E-state index < -0.39 is 21.9 Å². The molecule has 0 aliphatic heterocycles. The highest BCUT2D eigenvalue weighted by atomic mass is 35.5. The Morgan fingerprint density at radius 3 is 2.55 bits per heavy atom. The molecule has 0 saturated heterocycles. The van der Waals surface area contributed by atoms with Crippen molar-refractivity contribution in [2.45, 2.75) is 31.6 Å². The molecule has 1 aromatic carbocycles. The molecule has 33 heavy (non-hydrogen) atoms. The van der Waals surface area contributed by atoms with Gasteiger partial charge in [-0.3, -0.25) is 9.48 Å². The van der Waals surface area contributed by atoms with Crippen molar-refractivity contribution in [1.29, 1.82) is 0 Å². The minimum atomic E-state index is -3.43. The van der Waals surface area contributed by atoms with Crippen molar-refractivity contribution in [3.63, 3.8) is 0 Å². The van der Waals surface area contributed by atoms with Crippen LogP contribution in [0.15, 0.2) is 18.2 Å². The van der Waals surface area contributed by atoms with Crippen molar-refractivity contribution in [3.05, 3.63) is 40.3 Å². The summed E-state index contributed by atoms with van der Waals surface area (Å²) in [5.41, 5.74) is 7.57. The first-order chi connectivity index (χ1) is 15.6. The second kappa shape index (κ2) is 9.21. The number of nitrogens with two attached hydrogens (primary N) is 1. The molecule has 12 heteroatoms. The SMILES string of the molecule is CNS(=O)(=O)NCC1CC2CC(c3nn(C)c(N)c3C(=O)Nc3ccc(F)c(Cl)c3)CC2C1. The number of hydrogen-bond donors (Lipinski definition) is 4. The third-order valence-corrected chi connectivity index (χ3v) is 8.23. The highest BCUT2D eigenvalue weighted by molar-refractivity contribution is 7.87. The van der Waals surface area contributed by atoms with Gasteiger partial charge < -0.3 is 11.1 Å². The minimum absolute atomic E-state index is 0.0811. The molecule has 0 bridgehead atoms. The fourth-order valence-electron chi connectivity index (χ4n) is 5.28. The summed E-state index contributed by atoms with van der Waals surface area (Å²) >= 11 is 5.83. The fraction of sp³-hybridized carbons (Fsp3) is 0.524. The molecule has 180 valence electrons. The standard InChI is InChI=1S/C21H28ClFN6O3S/c1-25-33(31,32)26-10-11-5-12-7-14(8-13(12)6-11)19-18(20(24)29(2)28-19)21(30)27-15-3-4-17(23)16(22)9-15/h3-4,9,11-14,25-26H,5-8,10,24H2,1-2H3,(H,27,30). The Kier molecular flexibility index (Phi) is 6.68. The maximum Gasteiger partial charge on any atom is 0.276 e. The Morgan fingerprint density at radius 1 is 1.27 bits per heavy atom. The lowest BCUT2D eigenvalue weighted by Gasteiger charge is -2.15. The first-order valence-electron chi connectivity index (χ1n) is 10.8. The number of amides is 1. The van der Waals surface area contributed by atoms with Crippen LogP contribution in [-0.2, 0) is 17.3 Å². The maximum atomic E-state index is 13.4. The summed E-state index contributed by atoms with van der Waals surface area (Å²) in [6.45, 7) is 0.422. The number of halogens is 2. The summed E-state index contributed by atoms with van der Waals surface area (Å²) in [6.07, 6.45) is 3.62. The van der Waals surface area contributed by atoms with Crippen molar-refractivity contribution < 1.29 is 17.6 Å². The monoisotopic (exact) mass is 498 g/mol. The number of nitrogens with one attached hydrogen (secondary N) is 3. The smallest absolute Gasteiger partial charge is 0.276 e. The van der Waals surface area contributed by atoms with Crippen LogP contribution in [0.1, 0.15) is 47.7 Å². The number of aryl methyl sites for hydroxylation is 1. The largest absolute Gasteiger partial charge is 0.383 e. The molecule has 2 aromatic rings. The van der Waals surface area contributed by atoms with E-state index in [1.165, 1.54) is 29.9 Å². The Balaban J connectivity index is 1.45. The number of carbonyl (C=O) groups is 1. The predicted octanol–water partition coefficient (Wildman–Crippen LogP) is 2.62. The number of nitrogens with zero attached hydrogens (tertiary/aromatic N) is 2. The zero-order chi connectivity index (χ0) is 23.9. The second-order valence-corrected chi connectivity index (χ2v) is 11.0. The summed E-state index contributed by atoms with van der Waals surface area (Å²) in [7, 11) is -0.352. The Labute approximate surface area is 197 Å². The van der Waals surface area contributed by atoms with Gasteiger partial charge >= 0.3 is 0 Å². The molecule has 2 unspecified atom stereocenters. The Bertz CT molecular complexity index is 1160. The molecule has 1 amide bonds. The molecule has 4 rings (SSSR count). The summed E-state index contributed by atoms with van der Waals surface area (Å²) in [5.74, 6) is 0.593. The van der Waals surface area contributed by atoms with E-state index >= 15 is 0 Å². The number of benzene rings is 1. The van der Waals surface area contributed by atoms with Gasteiger partial charge in [-0.25, -0.2) is 13.8 Å². The number of anilines is 2. The predicted molar refractivity (Wildman–Crippen MR) is 125 cm³/mol. The van der Waals surface area contributed by atoms with E-state index in [2.05, 4.69) is 19.9 Å². The number of fused-ring (bicyclic) bond motifs is 1. The van der Waals surface area contributed by atoms with Crippen molar-refractivity contribution in [1.82, 2.24) is 19.2 Å². The average Bonchev–Trinajstić information content (AvgIpc) is 3.41. The van der Waals surface area contributed by atoms with E-state index in [9.17, 15) is 17.6 Å². The molecule has 2 aliphatic carbocycles. The molecule has 9 nitrogen and oxygen atoms in total. The summed E-state index contributed by atoms with van der Waals surface area (Å²) in [5, 5.41) is 7.22. The van der Waals surface area contributed by atoms with Crippen LogP contribution in [0, 0.1) is 23.6 Å². The zero-order valence-corrected chi connectivity index (χ0v) is 20.0. The zero-order valence-electron chi connectivity index (χ0n) is 18.4. The van der Waals surface area contributed by atoms with Crippen LogP contribution in [0.5, 0.6) is 0 Å². The van der Waals surface area contributed by atoms with Crippen LogP contribution in [0.4, 0.5) is 15.9 Å². The first-order valence-corrected chi connectivity index (χ1v) is 12.7. The van der Waals surface area contributed by atoms with Gasteiger partial charge in [0.05, 0.1) is 10.7 Å². The molecule has 2 aliphatic rings. The average molecular weight is 499 g/mol. The molecule has 2 fully saturated rings. The highest BCUT2D eigenvalue weighted by Crippen LogP contribution is 2.52. The van der Waals surface area contributed by atoms with E-state index in [4.69, 9.17) is 17.3 Å². The Hall–Kier alpha value is -2.21. The van der Waals surface area contributed by atoms with Gasteiger partial charge in [0, 0.05) is 32.2 Å². The van der Waals surface area contributed by atoms with E-state index in [0.717, 1.165) is 25.7 Å².